The Hall–Kier alpha value is -3.67. The smallest absolute Gasteiger partial charge is 0.253 e. The van der Waals surface area contributed by atoms with Gasteiger partial charge in [0.1, 0.15) is 17.3 Å². The van der Waals surface area contributed by atoms with Crippen LogP contribution in [0, 0.1) is 5.82 Å². The van der Waals surface area contributed by atoms with Crippen LogP contribution in [0.2, 0.25) is 0 Å². The van der Waals surface area contributed by atoms with Crippen LogP contribution in [0.1, 0.15) is 27.6 Å². The fourth-order valence-corrected chi connectivity index (χ4v) is 3.61. The van der Waals surface area contributed by atoms with Gasteiger partial charge in [-0.2, -0.15) is 0 Å². The number of anilines is 1. The molecule has 1 saturated heterocycles. The first-order valence-electron chi connectivity index (χ1n) is 10.2. The van der Waals surface area contributed by atoms with Crippen molar-refractivity contribution >= 4 is 17.4 Å². The predicted molar refractivity (Wildman–Crippen MR) is 117 cm³/mol. The molecule has 0 aromatic heterocycles. The monoisotopic (exact) mass is 418 g/mol. The van der Waals surface area contributed by atoms with E-state index in [0.717, 1.165) is 5.75 Å². The number of rotatable bonds is 5. The molecule has 3 aromatic rings. The molecular formula is C25H23FN2O3. The molecule has 0 aliphatic carbocycles. The summed E-state index contributed by atoms with van der Waals surface area (Å²) in [5, 5.41) is 0. The van der Waals surface area contributed by atoms with E-state index in [2.05, 4.69) is 0 Å². The fraction of sp³-hybridized carbons (Fsp3) is 0.200. The Morgan fingerprint density at radius 3 is 2.03 bits per heavy atom. The maximum absolute atomic E-state index is 14.4. The zero-order chi connectivity index (χ0) is 21.8. The summed E-state index contributed by atoms with van der Waals surface area (Å²) < 4.78 is 20.2. The van der Waals surface area contributed by atoms with Crippen molar-refractivity contribution in [2.24, 2.45) is 0 Å². The van der Waals surface area contributed by atoms with Gasteiger partial charge in [-0.25, -0.2) is 4.39 Å². The summed E-state index contributed by atoms with van der Waals surface area (Å²) >= 11 is 0. The molecule has 1 aliphatic heterocycles. The van der Waals surface area contributed by atoms with Gasteiger partial charge in [-0.3, -0.25) is 9.59 Å². The Kier molecular flexibility index (Phi) is 5.98. The third kappa shape index (κ3) is 4.74. The molecule has 0 unspecified atom stereocenters. The van der Waals surface area contributed by atoms with Crippen LogP contribution in [0.5, 0.6) is 11.5 Å². The zero-order valence-electron chi connectivity index (χ0n) is 17.3. The number of nitrogens with zero attached hydrogens (tertiary/aromatic N) is 2. The van der Waals surface area contributed by atoms with E-state index in [1.165, 1.54) is 13.0 Å². The quantitative estimate of drug-likeness (QED) is 0.560. The van der Waals surface area contributed by atoms with Crippen LogP contribution in [0.4, 0.5) is 10.1 Å². The summed E-state index contributed by atoms with van der Waals surface area (Å²) in [6.45, 7) is 3.46. The number of para-hydroxylation sites is 1. The Morgan fingerprint density at radius 2 is 1.42 bits per heavy atom. The molecule has 0 N–H and O–H groups in total. The Morgan fingerprint density at radius 1 is 0.806 bits per heavy atom. The molecule has 0 radical (unpaired) electrons. The van der Waals surface area contributed by atoms with Gasteiger partial charge in [0.2, 0.25) is 0 Å². The molecule has 6 heteroatoms. The van der Waals surface area contributed by atoms with Gasteiger partial charge in [0, 0.05) is 37.3 Å². The van der Waals surface area contributed by atoms with Crippen molar-refractivity contribution in [2.45, 2.75) is 6.92 Å². The third-order valence-corrected chi connectivity index (χ3v) is 5.34. The van der Waals surface area contributed by atoms with Crippen LogP contribution in [0.25, 0.3) is 0 Å². The highest BCUT2D eigenvalue weighted by Crippen LogP contribution is 2.24. The fourth-order valence-electron chi connectivity index (χ4n) is 3.61. The van der Waals surface area contributed by atoms with Gasteiger partial charge in [0.05, 0.1) is 5.69 Å². The van der Waals surface area contributed by atoms with Gasteiger partial charge in [-0.1, -0.05) is 18.2 Å². The summed E-state index contributed by atoms with van der Waals surface area (Å²) in [5.41, 5.74) is 1.40. The van der Waals surface area contributed by atoms with Crippen molar-refractivity contribution in [1.82, 2.24) is 4.90 Å². The SMILES string of the molecule is CC(=O)c1ccc(N2CCN(C(=O)c3ccc(Oc4ccccc4)cc3)CC2)c(F)c1. The largest absolute Gasteiger partial charge is 0.457 e. The minimum absolute atomic E-state index is 0.0571. The first kappa shape index (κ1) is 20.6. The van der Waals surface area contributed by atoms with Crippen LogP contribution < -0.4 is 9.64 Å². The molecule has 0 saturated carbocycles. The lowest BCUT2D eigenvalue weighted by Crippen LogP contribution is -2.49. The van der Waals surface area contributed by atoms with E-state index < -0.39 is 5.82 Å². The first-order chi connectivity index (χ1) is 15.0. The Labute approximate surface area is 180 Å². The molecule has 5 nitrogen and oxygen atoms in total. The molecule has 31 heavy (non-hydrogen) atoms. The molecule has 0 bridgehead atoms. The predicted octanol–water partition coefficient (Wildman–Crippen LogP) is 4.78. The topological polar surface area (TPSA) is 49.9 Å². The van der Waals surface area contributed by atoms with Gasteiger partial charge >= 0.3 is 0 Å². The number of hydrogen-bond acceptors (Lipinski definition) is 4. The molecule has 0 spiro atoms. The molecule has 1 heterocycles. The minimum Gasteiger partial charge on any atom is -0.457 e. The number of carbonyl (C=O) groups excluding carboxylic acids is 2. The summed E-state index contributed by atoms with van der Waals surface area (Å²) in [6.07, 6.45) is 0. The van der Waals surface area contributed by atoms with E-state index in [9.17, 15) is 14.0 Å². The average Bonchev–Trinajstić information content (AvgIpc) is 2.80. The zero-order valence-corrected chi connectivity index (χ0v) is 17.3. The second-order valence-corrected chi connectivity index (χ2v) is 7.44. The molecular weight excluding hydrogens is 395 g/mol. The van der Waals surface area contributed by atoms with Crippen LogP contribution in [0.3, 0.4) is 0 Å². The average molecular weight is 418 g/mol. The molecule has 1 aliphatic rings. The van der Waals surface area contributed by atoms with Crippen LogP contribution in [-0.4, -0.2) is 42.8 Å². The summed E-state index contributed by atoms with van der Waals surface area (Å²) in [5.74, 6) is 0.763. The second-order valence-electron chi connectivity index (χ2n) is 7.44. The van der Waals surface area contributed by atoms with E-state index in [0.29, 0.717) is 48.7 Å². The van der Waals surface area contributed by atoms with E-state index in [-0.39, 0.29) is 11.7 Å². The number of ether oxygens (including phenoxy) is 1. The van der Waals surface area contributed by atoms with Crippen LogP contribution >= 0.6 is 0 Å². The Bertz CT molecular complexity index is 1080. The molecule has 1 amide bonds. The normalized spacial score (nSPS) is 13.7. The number of hydrogen-bond donors (Lipinski definition) is 0. The number of piperazine rings is 1. The second kappa shape index (κ2) is 9.00. The standard InChI is InChI=1S/C25H23FN2O3/c1-18(29)20-9-12-24(23(26)17-20)27-13-15-28(16-14-27)25(30)19-7-10-22(11-8-19)31-21-5-3-2-4-6-21/h2-12,17H,13-16H2,1H3. The van der Waals surface area contributed by atoms with Crippen molar-refractivity contribution in [3.05, 3.63) is 89.7 Å². The van der Waals surface area contributed by atoms with Gasteiger partial charge < -0.3 is 14.5 Å². The van der Waals surface area contributed by atoms with Gasteiger partial charge in [0.15, 0.2) is 5.78 Å². The molecule has 3 aromatic carbocycles. The van der Waals surface area contributed by atoms with Gasteiger partial charge in [0.25, 0.3) is 5.91 Å². The minimum atomic E-state index is -0.415. The molecule has 1 fully saturated rings. The van der Waals surface area contributed by atoms with Crippen molar-refractivity contribution in [3.8, 4) is 11.5 Å². The highest BCUT2D eigenvalue weighted by molar-refractivity contribution is 5.95. The van der Waals surface area contributed by atoms with Crippen LogP contribution in [0.15, 0.2) is 72.8 Å². The first-order valence-corrected chi connectivity index (χ1v) is 10.2. The highest BCUT2D eigenvalue weighted by atomic mass is 19.1. The molecule has 0 atom stereocenters. The number of benzene rings is 3. The summed E-state index contributed by atoms with van der Waals surface area (Å²) in [4.78, 5) is 27.9. The third-order valence-electron chi connectivity index (χ3n) is 5.34. The molecule has 158 valence electrons. The highest BCUT2D eigenvalue weighted by Gasteiger charge is 2.24. The van der Waals surface area contributed by atoms with E-state index in [4.69, 9.17) is 4.74 Å². The maximum Gasteiger partial charge on any atom is 0.253 e. The van der Waals surface area contributed by atoms with Gasteiger partial charge in [-0.05, 0) is 61.5 Å². The van der Waals surface area contributed by atoms with Crippen molar-refractivity contribution in [1.29, 1.82) is 0 Å². The lowest BCUT2D eigenvalue weighted by Gasteiger charge is -2.36. The van der Waals surface area contributed by atoms with Crippen LogP contribution in [-0.2, 0) is 0 Å². The Balaban J connectivity index is 1.36. The number of amides is 1. The lowest BCUT2D eigenvalue weighted by molar-refractivity contribution is 0.0746. The van der Waals surface area contributed by atoms with Crippen molar-refractivity contribution < 1.29 is 18.7 Å². The number of halogens is 1. The lowest BCUT2D eigenvalue weighted by atomic mass is 10.1. The maximum atomic E-state index is 14.4. The summed E-state index contributed by atoms with van der Waals surface area (Å²) in [6, 6.07) is 21.1. The number of carbonyl (C=O) groups is 2. The van der Waals surface area contributed by atoms with Crippen molar-refractivity contribution in [3.63, 3.8) is 0 Å². The molecule has 4 rings (SSSR count). The summed E-state index contributed by atoms with van der Waals surface area (Å²) in [7, 11) is 0. The van der Waals surface area contributed by atoms with E-state index >= 15 is 0 Å². The van der Waals surface area contributed by atoms with E-state index in [1.54, 1.807) is 41.3 Å². The number of ketones is 1. The van der Waals surface area contributed by atoms with E-state index in [1.807, 2.05) is 35.2 Å². The van der Waals surface area contributed by atoms with Gasteiger partial charge in [-0.15, -0.1) is 0 Å². The number of Topliss-reactive ketones (excluding diaryl/α,β-unsaturated/α-hetero) is 1. The van der Waals surface area contributed by atoms with Crippen molar-refractivity contribution in [2.75, 3.05) is 31.1 Å².